The number of unbranched alkanes of at least 4 members (excludes halogenated alkanes) is 1. The van der Waals surface area contributed by atoms with E-state index in [9.17, 15) is 8.78 Å². The van der Waals surface area contributed by atoms with Crippen LogP contribution >= 0.6 is 0 Å². The number of allylic oxidation sites excluding steroid dienone is 2. The Balaban J connectivity index is 1.80. The van der Waals surface area contributed by atoms with Crippen LogP contribution in [0, 0.1) is 5.92 Å². The van der Waals surface area contributed by atoms with E-state index >= 15 is 0 Å². The Bertz CT molecular complexity index is 484. The lowest BCUT2D eigenvalue weighted by molar-refractivity contribution is 0.0310. The van der Waals surface area contributed by atoms with Crippen molar-refractivity contribution in [3.05, 3.63) is 23.9 Å². The van der Waals surface area contributed by atoms with E-state index in [2.05, 4.69) is 35.1 Å². The van der Waals surface area contributed by atoms with Crippen LogP contribution in [0.25, 0.3) is 0 Å². The Hall–Kier alpha value is -0.980. The average Bonchev–Trinajstić information content (AvgIpc) is 2.70. The molecule has 0 spiro atoms. The molecule has 0 amide bonds. The molecule has 6 heteroatoms. The quantitative estimate of drug-likeness (QED) is 0.491. The van der Waals surface area contributed by atoms with Gasteiger partial charge in [0.15, 0.2) is 0 Å². The number of alkyl halides is 2. The van der Waals surface area contributed by atoms with Crippen LogP contribution in [0.5, 0.6) is 0 Å². The van der Waals surface area contributed by atoms with Gasteiger partial charge < -0.3 is 9.64 Å². The van der Waals surface area contributed by atoms with Crippen LogP contribution in [0.1, 0.15) is 39.5 Å². The van der Waals surface area contributed by atoms with Crippen molar-refractivity contribution in [2.45, 2.75) is 46.0 Å². The molecule has 2 rings (SSSR count). The van der Waals surface area contributed by atoms with E-state index in [1.807, 2.05) is 6.08 Å². The third-order valence-electron chi connectivity index (χ3n) is 5.98. The third-order valence-corrected chi connectivity index (χ3v) is 5.98. The van der Waals surface area contributed by atoms with Crippen molar-refractivity contribution in [2.24, 2.45) is 5.92 Å². The van der Waals surface area contributed by atoms with E-state index in [-0.39, 0.29) is 12.3 Å². The van der Waals surface area contributed by atoms with Gasteiger partial charge in [0.05, 0.1) is 13.2 Å². The summed E-state index contributed by atoms with van der Waals surface area (Å²) in [6, 6.07) is 0. The summed E-state index contributed by atoms with van der Waals surface area (Å²) in [5.74, 6) is 0.195. The Morgan fingerprint density at radius 1 is 1.04 bits per heavy atom. The summed E-state index contributed by atoms with van der Waals surface area (Å²) in [6.45, 7) is 18.2. The fourth-order valence-electron chi connectivity index (χ4n) is 3.95. The SMILES string of the molecule is C=C(/C=C(/CC(F)F)C(C)CCCC)N1CCN(CCN2CCOCC2)CC1. The van der Waals surface area contributed by atoms with Crippen molar-refractivity contribution >= 4 is 0 Å². The van der Waals surface area contributed by atoms with E-state index < -0.39 is 6.43 Å². The summed E-state index contributed by atoms with van der Waals surface area (Å²) in [5.41, 5.74) is 1.75. The first-order valence-corrected chi connectivity index (χ1v) is 10.9. The first-order chi connectivity index (χ1) is 13.5. The zero-order valence-electron chi connectivity index (χ0n) is 17.8. The summed E-state index contributed by atoms with van der Waals surface area (Å²) >= 11 is 0. The minimum Gasteiger partial charge on any atom is -0.379 e. The molecule has 0 radical (unpaired) electrons. The molecule has 162 valence electrons. The number of rotatable bonds is 11. The van der Waals surface area contributed by atoms with Gasteiger partial charge in [-0.15, -0.1) is 0 Å². The van der Waals surface area contributed by atoms with Crippen LogP contribution in [0.2, 0.25) is 0 Å². The normalized spacial score (nSPS) is 21.3. The van der Waals surface area contributed by atoms with Crippen molar-refractivity contribution < 1.29 is 13.5 Å². The highest BCUT2D eigenvalue weighted by Gasteiger charge is 2.20. The zero-order valence-corrected chi connectivity index (χ0v) is 17.8. The van der Waals surface area contributed by atoms with Gasteiger partial charge in [-0.05, 0) is 18.4 Å². The van der Waals surface area contributed by atoms with E-state index in [0.717, 1.165) is 96.1 Å². The Labute approximate surface area is 170 Å². The number of ether oxygens (including phenoxy) is 1. The van der Waals surface area contributed by atoms with Crippen LogP contribution in [0.15, 0.2) is 23.9 Å². The first kappa shape index (κ1) is 23.3. The molecular formula is C22H39F2N3O. The minimum atomic E-state index is -2.29. The summed E-state index contributed by atoms with van der Waals surface area (Å²) in [6.07, 6.45) is 2.66. The molecule has 2 saturated heterocycles. The lowest BCUT2D eigenvalue weighted by Crippen LogP contribution is -2.48. The monoisotopic (exact) mass is 399 g/mol. The molecule has 0 aromatic heterocycles. The predicted octanol–water partition coefficient (Wildman–Crippen LogP) is 3.86. The number of halogens is 2. The maximum Gasteiger partial charge on any atom is 0.242 e. The highest BCUT2D eigenvalue weighted by Crippen LogP contribution is 2.26. The van der Waals surface area contributed by atoms with E-state index in [0.29, 0.717) is 0 Å². The number of hydrogen-bond donors (Lipinski definition) is 0. The summed E-state index contributed by atoms with van der Waals surface area (Å²) in [4.78, 5) is 7.21. The van der Waals surface area contributed by atoms with Gasteiger partial charge >= 0.3 is 0 Å². The molecular weight excluding hydrogens is 360 g/mol. The number of nitrogens with zero attached hydrogens (tertiary/aromatic N) is 3. The molecule has 2 aliphatic rings. The molecule has 4 nitrogen and oxygen atoms in total. The molecule has 0 aromatic carbocycles. The average molecular weight is 400 g/mol. The molecule has 1 atom stereocenters. The van der Waals surface area contributed by atoms with Gasteiger partial charge in [-0.3, -0.25) is 9.80 Å². The van der Waals surface area contributed by atoms with Gasteiger partial charge in [-0.25, -0.2) is 8.78 Å². The van der Waals surface area contributed by atoms with Crippen molar-refractivity contribution in [3.63, 3.8) is 0 Å². The Morgan fingerprint density at radius 2 is 1.64 bits per heavy atom. The molecule has 2 heterocycles. The van der Waals surface area contributed by atoms with Crippen molar-refractivity contribution in [2.75, 3.05) is 65.6 Å². The topological polar surface area (TPSA) is 19.0 Å². The van der Waals surface area contributed by atoms with Crippen LogP contribution < -0.4 is 0 Å². The van der Waals surface area contributed by atoms with Crippen molar-refractivity contribution in [3.8, 4) is 0 Å². The molecule has 0 aliphatic carbocycles. The standard InChI is InChI=1S/C22H39F2N3O/c1-4-5-6-19(2)21(18-22(23)24)17-20(3)27-11-9-25(10-12-27)7-8-26-13-15-28-16-14-26/h17,19,22H,3-16,18H2,1-2H3/b21-17-. The van der Waals surface area contributed by atoms with E-state index in [1.165, 1.54) is 0 Å². The van der Waals surface area contributed by atoms with Gasteiger partial charge in [0.1, 0.15) is 0 Å². The lowest BCUT2D eigenvalue weighted by atomic mass is 9.92. The summed E-state index contributed by atoms with van der Waals surface area (Å²) in [5, 5.41) is 0. The highest BCUT2D eigenvalue weighted by atomic mass is 19.3. The first-order valence-electron chi connectivity index (χ1n) is 10.9. The smallest absolute Gasteiger partial charge is 0.242 e. The zero-order chi connectivity index (χ0) is 20.4. The Kier molecular flexibility index (Phi) is 10.4. The molecule has 0 N–H and O–H groups in total. The van der Waals surface area contributed by atoms with Crippen LogP contribution in [-0.2, 0) is 4.74 Å². The molecule has 2 aliphatic heterocycles. The fraction of sp³-hybridized carbons (Fsp3) is 0.818. The van der Waals surface area contributed by atoms with Gasteiger partial charge in [0.2, 0.25) is 6.43 Å². The maximum atomic E-state index is 13.0. The van der Waals surface area contributed by atoms with Crippen molar-refractivity contribution in [1.82, 2.24) is 14.7 Å². The second-order valence-electron chi connectivity index (χ2n) is 8.13. The van der Waals surface area contributed by atoms with E-state index in [1.54, 1.807) is 0 Å². The molecule has 0 saturated carbocycles. The second-order valence-corrected chi connectivity index (χ2v) is 8.13. The summed E-state index contributed by atoms with van der Waals surface area (Å²) in [7, 11) is 0. The molecule has 0 bridgehead atoms. The highest BCUT2D eigenvalue weighted by molar-refractivity contribution is 5.22. The number of hydrogen-bond acceptors (Lipinski definition) is 4. The van der Waals surface area contributed by atoms with Crippen LogP contribution in [-0.4, -0.2) is 86.7 Å². The molecule has 1 unspecified atom stereocenters. The van der Waals surface area contributed by atoms with Gasteiger partial charge in [-0.2, -0.15) is 0 Å². The second kappa shape index (κ2) is 12.6. The predicted molar refractivity (Wildman–Crippen MR) is 112 cm³/mol. The van der Waals surface area contributed by atoms with Gasteiger partial charge in [-0.1, -0.05) is 38.8 Å². The largest absolute Gasteiger partial charge is 0.379 e. The van der Waals surface area contributed by atoms with Gasteiger partial charge in [0.25, 0.3) is 0 Å². The van der Waals surface area contributed by atoms with Crippen LogP contribution in [0.3, 0.4) is 0 Å². The number of morpholine rings is 1. The van der Waals surface area contributed by atoms with Crippen molar-refractivity contribution in [1.29, 1.82) is 0 Å². The third kappa shape index (κ3) is 8.18. The molecule has 28 heavy (non-hydrogen) atoms. The van der Waals surface area contributed by atoms with Crippen LogP contribution in [0.4, 0.5) is 8.78 Å². The molecule has 2 fully saturated rings. The molecule has 0 aromatic rings. The number of piperazine rings is 1. The minimum absolute atomic E-state index is 0.136. The summed E-state index contributed by atoms with van der Waals surface area (Å²) < 4.78 is 31.5. The Morgan fingerprint density at radius 3 is 2.21 bits per heavy atom. The van der Waals surface area contributed by atoms with Gasteiger partial charge in [0, 0.05) is 64.5 Å². The van der Waals surface area contributed by atoms with E-state index in [4.69, 9.17) is 4.74 Å². The lowest BCUT2D eigenvalue weighted by Gasteiger charge is -2.38. The fourth-order valence-corrected chi connectivity index (χ4v) is 3.95. The maximum absolute atomic E-state index is 13.0.